The van der Waals surface area contributed by atoms with Crippen molar-refractivity contribution in [3.63, 3.8) is 0 Å². The number of hydrogen-bond acceptors (Lipinski definition) is 2. The molecule has 0 unspecified atom stereocenters. The van der Waals surface area contributed by atoms with Crippen LogP contribution < -0.4 is 0 Å². The van der Waals surface area contributed by atoms with E-state index in [0.717, 1.165) is 26.4 Å². The zero-order chi connectivity index (χ0) is 8.24. The third kappa shape index (κ3) is 37.4. The molecular formula is C8H20LiO2. The molecule has 0 aromatic carbocycles. The van der Waals surface area contributed by atoms with Gasteiger partial charge in [-0.05, 0) is 27.7 Å². The van der Waals surface area contributed by atoms with Crippen LogP contribution in [0.3, 0.4) is 0 Å². The molecule has 0 aromatic heterocycles. The predicted molar refractivity (Wildman–Crippen MR) is 50.1 cm³/mol. The molecule has 0 saturated heterocycles. The average Bonchev–Trinajstić information content (AvgIpc) is 1.93. The van der Waals surface area contributed by atoms with Gasteiger partial charge in [-0.2, -0.15) is 0 Å². The first-order chi connectivity index (χ1) is 4.83. The summed E-state index contributed by atoms with van der Waals surface area (Å²) in [4.78, 5) is 0. The van der Waals surface area contributed by atoms with E-state index in [2.05, 4.69) is 0 Å². The SMILES string of the molecule is CCOCC.CCOCC.[Li]. The maximum absolute atomic E-state index is 4.83. The van der Waals surface area contributed by atoms with E-state index in [9.17, 15) is 0 Å². The van der Waals surface area contributed by atoms with Gasteiger partial charge in [-0.3, -0.25) is 0 Å². The second-order valence-corrected chi connectivity index (χ2v) is 1.56. The van der Waals surface area contributed by atoms with Crippen LogP contribution in [0.5, 0.6) is 0 Å². The van der Waals surface area contributed by atoms with Crippen LogP contribution >= 0.6 is 0 Å². The Morgan fingerprint density at radius 3 is 0.818 bits per heavy atom. The Balaban J connectivity index is -0.000000107. The van der Waals surface area contributed by atoms with Crippen LogP contribution in [0.2, 0.25) is 0 Å². The van der Waals surface area contributed by atoms with E-state index in [1.807, 2.05) is 27.7 Å². The molecular weight excluding hydrogens is 135 g/mol. The van der Waals surface area contributed by atoms with Gasteiger partial charge in [0.25, 0.3) is 0 Å². The molecule has 3 heteroatoms. The van der Waals surface area contributed by atoms with Crippen molar-refractivity contribution in [3.8, 4) is 0 Å². The summed E-state index contributed by atoms with van der Waals surface area (Å²) in [5.74, 6) is 0. The monoisotopic (exact) mass is 155 g/mol. The maximum Gasteiger partial charge on any atom is 0.0437 e. The summed E-state index contributed by atoms with van der Waals surface area (Å²) < 4.78 is 9.67. The van der Waals surface area contributed by atoms with Gasteiger partial charge in [0, 0.05) is 45.3 Å². The summed E-state index contributed by atoms with van der Waals surface area (Å²) >= 11 is 0. The predicted octanol–water partition coefficient (Wildman–Crippen LogP) is 1.70. The first-order valence-electron chi connectivity index (χ1n) is 3.98. The maximum atomic E-state index is 4.83. The second-order valence-electron chi connectivity index (χ2n) is 1.56. The van der Waals surface area contributed by atoms with Crippen LogP contribution in [0, 0.1) is 0 Å². The number of hydrogen-bond donors (Lipinski definition) is 0. The molecule has 0 aromatic rings. The minimum absolute atomic E-state index is 0. The minimum Gasteiger partial charge on any atom is -0.382 e. The Labute approximate surface area is 82.8 Å². The van der Waals surface area contributed by atoms with E-state index in [0.29, 0.717) is 0 Å². The van der Waals surface area contributed by atoms with E-state index in [1.165, 1.54) is 0 Å². The Kier molecular flexibility index (Phi) is 35.8. The molecule has 0 rings (SSSR count). The van der Waals surface area contributed by atoms with Crippen molar-refractivity contribution in [2.24, 2.45) is 0 Å². The van der Waals surface area contributed by atoms with Gasteiger partial charge < -0.3 is 9.47 Å². The molecule has 65 valence electrons. The van der Waals surface area contributed by atoms with E-state index in [-0.39, 0.29) is 18.9 Å². The first-order valence-corrected chi connectivity index (χ1v) is 3.98. The molecule has 0 aliphatic rings. The van der Waals surface area contributed by atoms with Gasteiger partial charge in [-0.25, -0.2) is 0 Å². The van der Waals surface area contributed by atoms with Crippen molar-refractivity contribution in [1.29, 1.82) is 0 Å². The smallest absolute Gasteiger partial charge is 0.0437 e. The van der Waals surface area contributed by atoms with Gasteiger partial charge in [-0.1, -0.05) is 0 Å². The average molecular weight is 155 g/mol. The van der Waals surface area contributed by atoms with Gasteiger partial charge in [0.05, 0.1) is 0 Å². The van der Waals surface area contributed by atoms with Gasteiger partial charge >= 0.3 is 0 Å². The van der Waals surface area contributed by atoms with Crippen LogP contribution in [-0.4, -0.2) is 45.3 Å². The Morgan fingerprint density at radius 1 is 0.636 bits per heavy atom. The summed E-state index contributed by atoms with van der Waals surface area (Å²) in [7, 11) is 0. The van der Waals surface area contributed by atoms with Crippen molar-refractivity contribution in [2.45, 2.75) is 27.7 Å². The Morgan fingerprint density at radius 2 is 0.818 bits per heavy atom. The van der Waals surface area contributed by atoms with Gasteiger partial charge in [0.15, 0.2) is 0 Å². The van der Waals surface area contributed by atoms with Crippen molar-refractivity contribution in [3.05, 3.63) is 0 Å². The van der Waals surface area contributed by atoms with Gasteiger partial charge in [0.2, 0.25) is 0 Å². The molecule has 1 radical (unpaired) electrons. The molecule has 11 heavy (non-hydrogen) atoms. The number of rotatable bonds is 4. The molecule has 2 nitrogen and oxygen atoms in total. The molecule has 0 N–H and O–H groups in total. The molecule has 0 aliphatic heterocycles. The molecule has 0 atom stereocenters. The zero-order valence-corrected chi connectivity index (χ0v) is 8.64. The normalized spacial score (nSPS) is 7.64. The van der Waals surface area contributed by atoms with Crippen LogP contribution in [-0.2, 0) is 9.47 Å². The molecule has 0 bridgehead atoms. The van der Waals surface area contributed by atoms with Crippen molar-refractivity contribution >= 4 is 18.9 Å². The van der Waals surface area contributed by atoms with E-state index in [1.54, 1.807) is 0 Å². The quantitative estimate of drug-likeness (QED) is 0.575. The van der Waals surface area contributed by atoms with Crippen molar-refractivity contribution < 1.29 is 9.47 Å². The van der Waals surface area contributed by atoms with E-state index in [4.69, 9.17) is 9.47 Å². The first kappa shape index (κ1) is 17.6. The topological polar surface area (TPSA) is 18.5 Å². The largest absolute Gasteiger partial charge is 0.382 e. The molecule has 0 aliphatic carbocycles. The molecule has 0 saturated carbocycles. The third-order valence-electron chi connectivity index (χ3n) is 0.816. The fourth-order valence-corrected chi connectivity index (χ4v) is 0.408. The minimum atomic E-state index is 0. The molecule has 0 amide bonds. The van der Waals surface area contributed by atoms with Crippen LogP contribution in [0.1, 0.15) is 27.7 Å². The van der Waals surface area contributed by atoms with Crippen molar-refractivity contribution in [2.75, 3.05) is 26.4 Å². The summed E-state index contributed by atoms with van der Waals surface area (Å²) in [6.07, 6.45) is 0. The third-order valence-corrected chi connectivity index (χ3v) is 0.816. The van der Waals surface area contributed by atoms with Crippen LogP contribution in [0.4, 0.5) is 0 Å². The summed E-state index contributed by atoms with van der Waals surface area (Å²) in [6, 6.07) is 0. The van der Waals surface area contributed by atoms with E-state index < -0.39 is 0 Å². The fourth-order valence-electron chi connectivity index (χ4n) is 0.408. The van der Waals surface area contributed by atoms with Crippen LogP contribution in [0.15, 0.2) is 0 Å². The Hall–Kier alpha value is 0.517. The van der Waals surface area contributed by atoms with Crippen LogP contribution in [0.25, 0.3) is 0 Å². The summed E-state index contributed by atoms with van der Waals surface area (Å²) in [5.41, 5.74) is 0. The Bertz CT molecular complexity index is 33.1. The number of ether oxygens (including phenoxy) is 2. The van der Waals surface area contributed by atoms with Gasteiger partial charge in [-0.15, -0.1) is 0 Å². The summed E-state index contributed by atoms with van der Waals surface area (Å²) in [5, 5.41) is 0. The molecule has 0 fully saturated rings. The standard InChI is InChI=1S/2C4H10O.Li/c2*1-3-5-4-2;/h2*3-4H2,1-2H3;. The van der Waals surface area contributed by atoms with Gasteiger partial charge in [0.1, 0.15) is 0 Å². The van der Waals surface area contributed by atoms with Crippen molar-refractivity contribution in [1.82, 2.24) is 0 Å². The molecule has 0 heterocycles. The fraction of sp³-hybridized carbons (Fsp3) is 1.00. The van der Waals surface area contributed by atoms with E-state index >= 15 is 0 Å². The molecule has 0 spiro atoms. The summed E-state index contributed by atoms with van der Waals surface area (Å²) in [6.45, 7) is 11.3. The zero-order valence-electron chi connectivity index (χ0n) is 8.64. The second kappa shape index (κ2) is 22.4.